The molecule has 0 fully saturated rings. The van der Waals surface area contributed by atoms with Crippen molar-refractivity contribution in [1.29, 1.82) is 5.41 Å². The summed E-state index contributed by atoms with van der Waals surface area (Å²) in [5, 5.41) is 18.4. The summed E-state index contributed by atoms with van der Waals surface area (Å²) >= 11 is 1.33. The van der Waals surface area contributed by atoms with Crippen molar-refractivity contribution in [2.24, 2.45) is 0 Å². The minimum absolute atomic E-state index is 0.0662. The monoisotopic (exact) mass is 240 g/mol. The lowest BCUT2D eigenvalue weighted by molar-refractivity contribution is -0.384. The summed E-state index contributed by atoms with van der Waals surface area (Å²) in [5.41, 5.74) is 6.34. The molecule has 7 heteroatoms. The number of nitrogen functional groups attached to an aromatic ring is 1. The van der Waals surface area contributed by atoms with Gasteiger partial charge in [0.15, 0.2) is 0 Å². The first-order chi connectivity index (χ1) is 7.47. The molecule has 0 aromatic heterocycles. The van der Waals surface area contributed by atoms with Crippen molar-refractivity contribution in [3.8, 4) is 0 Å². The topological polar surface area (TPSA) is 96.2 Å². The number of nitrogens with two attached hydrogens (primary N) is 1. The molecule has 1 aromatic carbocycles. The van der Waals surface area contributed by atoms with Gasteiger partial charge in [0.05, 0.1) is 4.92 Å². The smallest absolute Gasteiger partial charge is 0.270 e. The van der Waals surface area contributed by atoms with Gasteiger partial charge in [-0.2, -0.15) is 0 Å². The Kier molecular flexibility index (Phi) is 3.73. The number of hydrogen-bond acceptors (Lipinski definition) is 5. The fourth-order valence-corrected chi connectivity index (χ4v) is 1.40. The zero-order valence-corrected chi connectivity index (χ0v) is 9.75. The number of anilines is 1. The number of hydrogen-bond donors (Lipinski definition) is 2. The Balaban J connectivity index is 3.17. The lowest BCUT2D eigenvalue weighted by Crippen LogP contribution is -2.20. The maximum absolute atomic E-state index is 10.6. The summed E-state index contributed by atoms with van der Waals surface area (Å²) in [6.45, 7) is 0. The normalized spacial score (nSPS) is 9.88. The first-order valence-electron chi connectivity index (χ1n) is 4.38. The largest absolute Gasteiger partial charge is 0.398 e. The van der Waals surface area contributed by atoms with Gasteiger partial charge in [0.2, 0.25) is 0 Å². The molecule has 86 valence electrons. The van der Waals surface area contributed by atoms with Crippen LogP contribution in [0.4, 0.5) is 11.4 Å². The molecule has 0 saturated carbocycles. The molecule has 0 radical (unpaired) electrons. The fourth-order valence-electron chi connectivity index (χ4n) is 1.12. The van der Waals surface area contributed by atoms with Crippen molar-refractivity contribution in [2.75, 3.05) is 19.0 Å². The SMILES string of the molecule is CSN(C)C(=N)c1cc([N+](=O)[O-])ccc1N. The van der Waals surface area contributed by atoms with Crippen molar-refractivity contribution in [1.82, 2.24) is 4.31 Å². The standard InChI is InChI=1S/C9H12N4O2S/c1-12(16-2)9(11)7-5-6(13(14)15)3-4-8(7)10/h3-5,11H,10H2,1-2H3. The van der Waals surface area contributed by atoms with Gasteiger partial charge in [-0.25, -0.2) is 0 Å². The van der Waals surface area contributed by atoms with Crippen LogP contribution in [-0.2, 0) is 0 Å². The van der Waals surface area contributed by atoms with Gasteiger partial charge < -0.3 is 10.0 Å². The highest BCUT2D eigenvalue weighted by Gasteiger charge is 2.15. The Hall–Kier alpha value is -1.76. The van der Waals surface area contributed by atoms with Gasteiger partial charge in [-0.3, -0.25) is 15.5 Å². The van der Waals surface area contributed by atoms with E-state index in [9.17, 15) is 10.1 Å². The van der Waals surface area contributed by atoms with Crippen molar-refractivity contribution in [3.63, 3.8) is 0 Å². The molecule has 6 nitrogen and oxygen atoms in total. The van der Waals surface area contributed by atoms with Crippen LogP contribution in [0.2, 0.25) is 0 Å². The fraction of sp³-hybridized carbons (Fsp3) is 0.222. The maximum atomic E-state index is 10.6. The number of amidine groups is 1. The summed E-state index contributed by atoms with van der Waals surface area (Å²) in [7, 11) is 1.70. The summed E-state index contributed by atoms with van der Waals surface area (Å²) < 4.78 is 1.58. The second-order valence-electron chi connectivity index (χ2n) is 3.06. The van der Waals surface area contributed by atoms with Crippen molar-refractivity contribution in [2.45, 2.75) is 0 Å². The second kappa shape index (κ2) is 4.84. The van der Waals surface area contributed by atoms with Crippen LogP contribution in [-0.4, -0.2) is 28.4 Å². The summed E-state index contributed by atoms with van der Waals surface area (Å²) in [5.74, 6) is 0.147. The average Bonchev–Trinajstić information content (AvgIpc) is 2.27. The molecule has 0 aliphatic heterocycles. The molecular weight excluding hydrogens is 228 g/mol. The van der Waals surface area contributed by atoms with Crippen LogP contribution in [0, 0.1) is 15.5 Å². The Labute approximate surface area is 97.2 Å². The van der Waals surface area contributed by atoms with Crippen LogP contribution in [0.3, 0.4) is 0 Å². The molecule has 3 N–H and O–H groups in total. The first-order valence-corrected chi connectivity index (χ1v) is 5.56. The third-order valence-electron chi connectivity index (χ3n) is 2.09. The molecule has 0 aliphatic rings. The van der Waals surface area contributed by atoms with E-state index in [0.717, 1.165) is 0 Å². The second-order valence-corrected chi connectivity index (χ2v) is 3.97. The Morgan fingerprint density at radius 1 is 1.62 bits per heavy atom. The number of nitro benzene ring substituents is 1. The lowest BCUT2D eigenvalue weighted by Gasteiger charge is -2.17. The molecule has 0 saturated heterocycles. The van der Waals surface area contributed by atoms with Crippen LogP contribution >= 0.6 is 11.9 Å². The summed E-state index contributed by atoms with van der Waals surface area (Å²) in [4.78, 5) is 10.1. The van der Waals surface area contributed by atoms with E-state index < -0.39 is 4.92 Å². The van der Waals surface area contributed by atoms with Crippen LogP contribution in [0.25, 0.3) is 0 Å². The molecule has 0 spiro atoms. The van der Waals surface area contributed by atoms with E-state index in [1.165, 1.54) is 30.1 Å². The van der Waals surface area contributed by atoms with Crippen LogP contribution in [0.5, 0.6) is 0 Å². The number of nitrogens with zero attached hydrogens (tertiary/aromatic N) is 2. The third-order valence-corrected chi connectivity index (χ3v) is 2.82. The highest BCUT2D eigenvalue weighted by molar-refractivity contribution is 7.96. The molecule has 0 aliphatic carbocycles. The van der Waals surface area contributed by atoms with Crippen molar-refractivity contribution in [3.05, 3.63) is 33.9 Å². The maximum Gasteiger partial charge on any atom is 0.270 e. The minimum atomic E-state index is -0.505. The lowest BCUT2D eigenvalue weighted by atomic mass is 10.1. The Bertz CT molecular complexity index is 436. The molecular formula is C9H12N4O2S. The molecule has 1 aromatic rings. The van der Waals surface area contributed by atoms with E-state index in [2.05, 4.69) is 0 Å². The van der Waals surface area contributed by atoms with E-state index in [4.69, 9.17) is 11.1 Å². The van der Waals surface area contributed by atoms with Gasteiger partial charge in [0.25, 0.3) is 5.69 Å². The molecule has 0 bridgehead atoms. The quantitative estimate of drug-likeness (QED) is 0.209. The summed E-state index contributed by atoms with van der Waals surface area (Å²) in [6.07, 6.45) is 1.81. The zero-order valence-electron chi connectivity index (χ0n) is 8.93. The predicted molar refractivity (Wildman–Crippen MR) is 65.6 cm³/mol. The number of nitro groups is 1. The highest BCUT2D eigenvalue weighted by atomic mass is 32.2. The van der Waals surface area contributed by atoms with Gasteiger partial charge in [-0.1, -0.05) is 11.9 Å². The number of nitrogens with one attached hydrogen (secondary N) is 1. The number of rotatable bonds is 3. The van der Waals surface area contributed by atoms with E-state index >= 15 is 0 Å². The van der Waals surface area contributed by atoms with E-state index in [1.807, 2.05) is 6.26 Å². The Morgan fingerprint density at radius 2 is 2.25 bits per heavy atom. The molecule has 0 atom stereocenters. The van der Waals surface area contributed by atoms with Crippen molar-refractivity contribution < 1.29 is 4.92 Å². The van der Waals surface area contributed by atoms with Crippen LogP contribution in [0.15, 0.2) is 18.2 Å². The minimum Gasteiger partial charge on any atom is -0.398 e. The number of non-ortho nitro benzene ring substituents is 1. The average molecular weight is 240 g/mol. The predicted octanol–water partition coefficient (Wildman–Crippen LogP) is 1.71. The third kappa shape index (κ3) is 2.43. The van der Waals surface area contributed by atoms with E-state index in [0.29, 0.717) is 11.3 Å². The molecule has 0 unspecified atom stereocenters. The van der Waals surface area contributed by atoms with Gasteiger partial charge >= 0.3 is 0 Å². The van der Waals surface area contributed by atoms with Gasteiger partial charge in [0, 0.05) is 36.7 Å². The molecule has 0 amide bonds. The first kappa shape index (κ1) is 12.3. The zero-order chi connectivity index (χ0) is 12.3. The molecule has 1 rings (SSSR count). The molecule has 0 heterocycles. The van der Waals surface area contributed by atoms with E-state index in [1.54, 1.807) is 11.4 Å². The molecule has 16 heavy (non-hydrogen) atoms. The van der Waals surface area contributed by atoms with Crippen LogP contribution in [0.1, 0.15) is 5.56 Å². The van der Waals surface area contributed by atoms with E-state index in [-0.39, 0.29) is 11.5 Å². The number of benzene rings is 1. The van der Waals surface area contributed by atoms with Gasteiger partial charge in [0.1, 0.15) is 5.84 Å². The van der Waals surface area contributed by atoms with Crippen molar-refractivity contribution >= 4 is 29.2 Å². The van der Waals surface area contributed by atoms with Gasteiger partial charge in [-0.05, 0) is 6.07 Å². The summed E-state index contributed by atoms with van der Waals surface area (Å²) in [6, 6.07) is 4.08. The van der Waals surface area contributed by atoms with Crippen LogP contribution < -0.4 is 5.73 Å². The Morgan fingerprint density at radius 3 is 2.75 bits per heavy atom. The van der Waals surface area contributed by atoms with Gasteiger partial charge in [-0.15, -0.1) is 0 Å². The highest BCUT2D eigenvalue weighted by Crippen LogP contribution is 2.22.